The molecule has 0 fully saturated rings. The van der Waals surface area contributed by atoms with Crippen molar-refractivity contribution >= 4 is 34.4 Å². The summed E-state index contributed by atoms with van der Waals surface area (Å²) in [5, 5.41) is 0. The molecule has 0 radical (unpaired) electrons. The van der Waals surface area contributed by atoms with Crippen LogP contribution in [0.4, 0.5) is 11.5 Å². The average Bonchev–Trinajstić information content (AvgIpc) is 2.71. The van der Waals surface area contributed by atoms with Crippen LogP contribution in [-0.2, 0) is 0 Å². The minimum atomic E-state index is 1.05. The number of pyridine rings is 1. The van der Waals surface area contributed by atoms with E-state index in [1.807, 2.05) is 39.8 Å². The number of aromatic amines is 1. The molecule has 0 saturated carbocycles. The fourth-order valence-electron chi connectivity index (χ4n) is 1.05. The molecule has 4 heteroatoms. The first-order valence-corrected chi connectivity index (χ1v) is 4.84. The zero-order chi connectivity index (χ0) is 9.10. The van der Waals surface area contributed by atoms with Gasteiger partial charge in [-0.15, -0.1) is 0 Å². The molecule has 0 aliphatic heterocycles. The van der Waals surface area contributed by atoms with E-state index >= 15 is 0 Å². The van der Waals surface area contributed by atoms with Gasteiger partial charge in [0.2, 0.25) is 0 Å². The normalized spacial score (nSPS) is 9.92. The number of hydrogen-bond acceptors (Lipinski definition) is 2. The van der Waals surface area contributed by atoms with Gasteiger partial charge in [-0.1, -0.05) is 0 Å². The third kappa shape index (κ3) is 1.82. The van der Waals surface area contributed by atoms with E-state index in [1.165, 1.54) is 0 Å². The highest BCUT2D eigenvalue weighted by atomic mass is 127. The molecule has 1 N–H and O–H groups in total. The minimum Gasteiger partial charge on any atom is -0.347 e. The molecule has 0 bridgehead atoms. The topological polar surface area (TPSA) is 31.9 Å². The van der Waals surface area contributed by atoms with Gasteiger partial charge in [-0.05, 0) is 24.3 Å². The summed E-state index contributed by atoms with van der Waals surface area (Å²) in [5.74, 6) is 1.05. The summed E-state index contributed by atoms with van der Waals surface area (Å²) in [6.45, 7) is 0. The van der Waals surface area contributed by atoms with Crippen molar-refractivity contribution in [3.8, 4) is 0 Å². The van der Waals surface area contributed by atoms with E-state index in [1.54, 1.807) is 6.20 Å². The first-order valence-electron chi connectivity index (χ1n) is 3.87. The van der Waals surface area contributed by atoms with Crippen LogP contribution in [0.3, 0.4) is 0 Å². The number of hydrogen-bond donors (Lipinski definition) is 1. The highest BCUT2D eigenvalue weighted by Crippen LogP contribution is 2.26. The number of nitrogens with zero attached hydrogens (tertiary/aromatic N) is 2. The second-order valence-electron chi connectivity index (χ2n) is 2.55. The second kappa shape index (κ2) is 3.78. The lowest BCUT2D eigenvalue weighted by Crippen LogP contribution is -2.00. The van der Waals surface area contributed by atoms with Crippen LogP contribution in [0.25, 0.3) is 0 Å². The van der Waals surface area contributed by atoms with E-state index in [9.17, 15) is 0 Å². The molecule has 0 aliphatic carbocycles. The zero-order valence-corrected chi connectivity index (χ0v) is 8.97. The van der Waals surface area contributed by atoms with Crippen LogP contribution in [0.5, 0.6) is 0 Å². The number of H-pyrrole nitrogens is 1. The fraction of sp³-hybridized carbons (Fsp3) is 0. The summed E-state index contributed by atoms with van der Waals surface area (Å²) >= 11 is 2.23. The van der Waals surface area contributed by atoms with Crippen molar-refractivity contribution in [3.63, 3.8) is 0 Å². The van der Waals surface area contributed by atoms with E-state index in [0.717, 1.165) is 11.5 Å². The van der Waals surface area contributed by atoms with Crippen molar-refractivity contribution < 1.29 is 0 Å². The van der Waals surface area contributed by atoms with Crippen LogP contribution in [0.1, 0.15) is 0 Å². The first-order chi connectivity index (χ1) is 6.38. The summed E-state index contributed by atoms with van der Waals surface area (Å²) in [6.07, 6.45) is 5.49. The van der Waals surface area contributed by atoms with Gasteiger partial charge in [0.25, 0.3) is 0 Å². The number of nitrogens with one attached hydrogen (secondary N) is 1. The Labute approximate surface area is 90.3 Å². The molecule has 0 spiro atoms. The summed E-state index contributed by atoms with van der Waals surface area (Å²) in [6, 6.07) is 7.92. The monoisotopic (exact) mass is 285 g/mol. The Morgan fingerprint density at radius 3 is 2.85 bits per heavy atom. The lowest BCUT2D eigenvalue weighted by molar-refractivity contribution is 1.27. The molecule has 66 valence electrons. The Morgan fingerprint density at radius 1 is 1.31 bits per heavy atom. The molecule has 2 rings (SSSR count). The molecular weight excluding hydrogens is 277 g/mol. The van der Waals surface area contributed by atoms with Gasteiger partial charge in [0.1, 0.15) is 5.82 Å². The molecule has 13 heavy (non-hydrogen) atoms. The highest BCUT2D eigenvalue weighted by molar-refractivity contribution is 14.1. The van der Waals surface area contributed by atoms with Crippen molar-refractivity contribution in [1.29, 1.82) is 0 Å². The largest absolute Gasteiger partial charge is 0.347 e. The molecule has 0 saturated heterocycles. The van der Waals surface area contributed by atoms with Crippen LogP contribution in [0, 0.1) is 0 Å². The van der Waals surface area contributed by atoms with Gasteiger partial charge in [0.05, 0.1) is 34.7 Å². The van der Waals surface area contributed by atoms with Crippen molar-refractivity contribution in [1.82, 2.24) is 9.97 Å². The highest BCUT2D eigenvalue weighted by Gasteiger charge is 2.04. The van der Waals surface area contributed by atoms with Gasteiger partial charge < -0.3 is 4.98 Å². The Bertz CT molecular complexity index is 358. The Morgan fingerprint density at radius 2 is 2.23 bits per heavy atom. The third-order valence-electron chi connectivity index (χ3n) is 1.67. The van der Waals surface area contributed by atoms with Crippen LogP contribution < -0.4 is 3.11 Å². The first kappa shape index (κ1) is 8.55. The summed E-state index contributed by atoms with van der Waals surface area (Å²) in [4.78, 5) is 7.18. The predicted octanol–water partition coefficient (Wildman–Crippen LogP) is 2.90. The quantitative estimate of drug-likeness (QED) is 0.679. The van der Waals surface area contributed by atoms with Gasteiger partial charge in [0, 0.05) is 12.4 Å². The van der Waals surface area contributed by atoms with Crippen molar-refractivity contribution in [2.24, 2.45) is 0 Å². The molecule has 2 heterocycles. The SMILES string of the molecule is IN(c1cccnc1)c1ccc[nH]1. The lowest BCUT2D eigenvalue weighted by atomic mass is 10.4. The molecule has 0 aliphatic rings. The maximum atomic E-state index is 4.06. The van der Waals surface area contributed by atoms with Crippen LogP contribution in [0.15, 0.2) is 42.9 Å². The number of anilines is 2. The maximum Gasteiger partial charge on any atom is 0.119 e. The smallest absolute Gasteiger partial charge is 0.119 e. The van der Waals surface area contributed by atoms with Crippen molar-refractivity contribution in [2.75, 3.05) is 3.11 Å². The molecule has 0 amide bonds. The standard InChI is InChI=1S/C9H8IN3/c10-13(9-4-2-6-12-9)8-3-1-5-11-7-8/h1-7,12H. The van der Waals surface area contributed by atoms with Crippen LogP contribution in [0.2, 0.25) is 0 Å². The van der Waals surface area contributed by atoms with E-state index < -0.39 is 0 Å². The molecule has 0 unspecified atom stereocenters. The number of aromatic nitrogens is 2. The van der Waals surface area contributed by atoms with E-state index in [0.29, 0.717) is 0 Å². The minimum absolute atomic E-state index is 1.05. The molecule has 0 atom stereocenters. The van der Waals surface area contributed by atoms with E-state index in [-0.39, 0.29) is 0 Å². The van der Waals surface area contributed by atoms with Gasteiger partial charge in [0.15, 0.2) is 0 Å². The Balaban J connectivity index is 2.29. The molecule has 2 aromatic heterocycles. The third-order valence-corrected chi connectivity index (χ3v) is 2.74. The van der Waals surface area contributed by atoms with Crippen LogP contribution >= 0.6 is 22.9 Å². The van der Waals surface area contributed by atoms with Crippen molar-refractivity contribution in [2.45, 2.75) is 0 Å². The van der Waals surface area contributed by atoms with Crippen molar-refractivity contribution in [3.05, 3.63) is 42.9 Å². The summed E-state index contributed by atoms with van der Waals surface area (Å²) < 4.78 is 2.02. The zero-order valence-electron chi connectivity index (χ0n) is 6.81. The second-order valence-corrected chi connectivity index (χ2v) is 3.51. The van der Waals surface area contributed by atoms with Gasteiger partial charge in [-0.25, -0.2) is 0 Å². The molecule has 0 aromatic carbocycles. The Hall–Kier alpha value is -1.04. The molecule has 3 nitrogen and oxygen atoms in total. The number of halogens is 1. The maximum absolute atomic E-state index is 4.06. The Kier molecular flexibility index (Phi) is 2.49. The van der Waals surface area contributed by atoms with E-state index in [2.05, 4.69) is 32.8 Å². The lowest BCUT2D eigenvalue weighted by Gasteiger charge is -2.13. The fourth-order valence-corrected chi connectivity index (χ4v) is 1.64. The molecule has 2 aromatic rings. The van der Waals surface area contributed by atoms with Gasteiger partial charge in [-0.3, -0.25) is 8.10 Å². The molecular formula is C9H8IN3. The summed E-state index contributed by atoms with van der Waals surface area (Å²) in [5.41, 5.74) is 1.06. The predicted molar refractivity (Wildman–Crippen MR) is 61.2 cm³/mol. The van der Waals surface area contributed by atoms with Crippen LogP contribution in [-0.4, -0.2) is 9.97 Å². The summed E-state index contributed by atoms with van der Waals surface area (Å²) in [7, 11) is 0. The van der Waals surface area contributed by atoms with Gasteiger partial charge >= 0.3 is 0 Å². The average molecular weight is 285 g/mol. The van der Waals surface area contributed by atoms with Gasteiger partial charge in [-0.2, -0.15) is 0 Å². The number of rotatable bonds is 2. The van der Waals surface area contributed by atoms with E-state index in [4.69, 9.17) is 0 Å².